The molecule has 0 aromatic carbocycles. The quantitative estimate of drug-likeness (QED) is 0.703. The van der Waals surface area contributed by atoms with Gasteiger partial charge < -0.3 is 10.4 Å². The lowest BCUT2D eigenvalue weighted by molar-refractivity contribution is -0.147. The number of carbonyl (C=O) groups is 1. The fraction of sp³-hybridized carbons (Fsp3) is 0.929. The summed E-state index contributed by atoms with van der Waals surface area (Å²) in [5.41, 5.74) is -0.604. The monoisotopic (exact) mass is 241 g/mol. The Morgan fingerprint density at radius 1 is 1.41 bits per heavy atom. The number of hydrogen-bond donors (Lipinski definition) is 2. The molecule has 2 atom stereocenters. The van der Waals surface area contributed by atoms with Crippen molar-refractivity contribution in [3.05, 3.63) is 0 Å². The largest absolute Gasteiger partial charge is 0.481 e. The van der Waals surface area contributed by atoms with Crippen LogP contribution < -0.4 is 5.32 Å². The van der Waals surface area contributed by atoms with Crippen LogP contribution in [0.25, 0.3) is 0 Å². The molecule has 1 aliphatic carbocycles. The van der Waals surface area contributed by atoms with E-state index in [4.69, 9.17) is 5.11 Å². The molecule has 17 heavy (non-hydrogen) atoms. The van der Waals surface area contributed by atoms with Gasteiger partial charge in [0.25, 0.3) is 0 Å². The van der Waals surface area contributed by atoms with Gasteiger partial charge in [0.1, 0.15) is 0 Å². The van der Waals surface area contributed by atoms with Crippen molar-refractivity contribution in [1.82, 2.24) is 5.32 Å². The first-order valence-electron chi connectivity index (χ1n) is 6.86. The number of hydrogen-bond acceptors (Lipinski definition) is 2. The Morgan fingerprint density at radius 3 is 2.71 bits per heavy atom. The van der Waals surface area contributed by atoms with Crippen LogP contribution in [0.1, 0.15) is 52.9 Å². The third-order valence-corrected chi connectivity index (χ3v) is 3.98. The Kier molecular flexibility index (Phi) is 5.44. The highest BCUT2D eigenvalue weighted by atomic mass is 16.4. The van der Waals surface area contributed by atoms with Crippen LogP contribution in [0.15, 0.2) is 0 Å². The van der Waals surface area contributed by atoms with Gasteiger partial charge in [-0.3, -0.25) is 4.79 Å². The third kappa shape index (κ3) is 5.07. The van der Waals surface area contributed by atoms with Crippen molar-refractivity contribution in [1.29, 1.82) is 0 Å². The van der Waals surface area contributed by atoms with Crippen LogP contribution in [0.5, 0.6) is 0 Å². The van der Waals surface area contributed by atoms with Gasteiger partial charge in [0.05, 0.1) is 5.41 Å². The first kappa shape index (κ1) is 14.5. The molecule has 1 saturated carbocycles. The maximum Gasteiger partial charge on any atom is 0.309 e. The summed E-state index contributed by atoms with van der Waals surface area (Å²) in [6.07, 6.45) is 6.09. The number of carboxylic acid groups (broad SMARTS) is 1. The summed E-state index contributed by atoms with van der Waals surface area (Å²) in [5, 5.41) is 12.4. The Morgan fingerprint density at radius 2 is 2.12 bits per heavy atom. The van der Waals surface area contributed by atoms with Crippen LogP contribution in [0, 0.1) is 17.3 Å². The van der Waals surface area contributed by atoms with E-state index in [9.17, 15) is 4.79 Å². The second-order valence-electron chi connectivity index (χ2n) is 6.28. The molecule has 0 aromatic rings. The normalized spacial score (nSPS) is 25.8. The Balaban J connectivity index is 2.13. The van der Waals surface area contributed by atoms with Crippen molar-refractivity contribution in [2.24, 2.45) is 17.3 Å². The summed E-state index contributed by atoms with van der Waals surface area (Å²) in [7, 11) is 0. The summed E-state index contributed by atoms with van der Waals surface area (Å²) in [5.74, 6) is 0.961. The molecule has 0 saturated heterocycles. The molecule has 0 aliphatic heterocycles. The zero-order chi connectivity index (χ0) is 12.9. The molecule has 0 aromatic heterocycles. The molecule has 0 spiro atoms. The van der Waals surface area contributed by atoms with E-state index in [-0.39, 0.29) is 0 Å². The van der Waals surface area contributed by atoms with E-state index >= 15 is 0 Å². The van der Waals surface area contributed by atoms with E-state index in [1.54, 1.807) is 13.8 Å². The molecule has 1 fully saturated rings. The lowest BCUT2D eigenvalue weighted by atomic mass is 9.82. The van der Waals surface area contributed by atoms with Gasteiger partial charge in [-0.15, -0.1) is 0 Å². The summed E-state index contributed by atoms with van der Waals surface area (Å²) in [6.45, 7) is 7.78. The molecule has 3 nitrogen and oxygen atoms in total. The molecule has 0 radical (unpaired) electrons. The number of aliphatic carboxylic acids is 1. The summed E-state index contributed by atoms with van der Waals surface area (Å²) in [6, 6.07) is 0. The standard InChI is InChI=1S/C14H27NO2/c1-11-5-4-6-12(9-11)10-15-8-7-14(2,3)13(16)17/h11-12,15H,4-10H2,1-3H3,(H,16,17). The second kappa shape index (κ2) is 6.39. The van der Waals surface area contributed by atoms with Gasteiger partial charge in [0.2, 0.25) is 0 Å². The highest BCUT2D eigenvalue weighted by Crippen LogP contribution is 2.28. The van der Waals surface area contributed by atoms with Gasteiger partial charge in [-0.25, -0.2) is 0 Å². The van der Waals surface area contributed by atoms with Crippen molar-refractivity contribution in [3.8, 4) is 0 Å². The fourth-order valence-electron chi connectivity index (χ4n) is 2.56. The Hall–Kier alpha value is -0.570. The molecule has 0 heterocycles. The molecular weight excluding hydrogens is 214 g/mol. The molecule has 0 amide bonds. The van der Waals surface area contributed by atoms with E-state index in [0.717, 1.165) is 24.9 Å². The van der Waals surface area contributed by atoms with E-state index < -0.39 is 11.4 Å². The zero-order valence-electron chi connectivity index (χ0n) is 11.5. The van der Waals surface area contributed by atoms with Crippen LogP contribution in [0.2, 0.25) is 0 Å². The predicted molar refractivity (Wildman–Crippen MR) is 70.0 cm³/mol. The second-order valence-corrected chi connectivity index (χ2v) is 6.28. The van der Waals surface area contributed by atoms with E-state index in [1.165, 1.54) is 25.7 Å². The summed E-state index contributed by atoms with van der Waals surface area (Å²) < 4.78 is 0. The molecule has 100 valence electrons. The minimum Gasteiger partial charge on any atom is -0.481 e. The van der Waals surface area contributed by atoms with E-state index in [1.807, 2.05) is 0 Å². The molecule has 2 unspecified atom stereocenters. The lowest BCUT2D eigenvalue weighted by Crippen LogP contribution is -2.32. The highest BCUT2D eigenvalue weighted by Gasteiger charge is 2.26. The van der Waals surface area contributed by atoms with Crippen LogP contribution in [0.4, 0.5) is 0 Å². The van der Waals surface area contributed by atoms with Gasteiger partial charge in [-0.05, 0) is 58.0 Å². The van der Waals surface area contributed by atoms with Crippen molar-refractivity contribution >= 4 is 5.97 Å². The number of nitrogens with one attached hydrogen (secondary N) is 1. The number of carboxylic acids is 1. The summed E-state index contributed by atoms with van der Waals surface area (Å²) >= 11 is 0. The molecule has 1 aliphatic rings. The molecule has 1 rings (SSSR count). The van der Waals surface area contributed by atoms with Gasteiger partial charge in [-0.2, -0.15) is 0 Å². The fourth-order valence-corrected chi connectivity index (χ4v) is 2.56. The van der Waals surface area contributed by atoms with Gasteiger partial charge in [0.15, 0.2) is 0 Å². The SMILES string of the molecule is CC1CCCC(CNCCC(C)(C)C(=O)O)C1. The third-order valence-electron chi connectivity index (χ3n) is 3.98. The minimum absolute atomic E-state index is 0.604. The van der Waals surface area contributed by atoms with Crippen LogP contribution in [0.3, 0.4) is 0 Å². The Labute approximate surface area is 105 Å². The van der Waals surface area contributed by atoms with Gasteiger partial charge in [-0.1, -0.05) is 19.8 Å². The topological polar surface area (TPSA) is 49.3 Å². The van der Waals surface area contributed by atoms with Crippen molar-refractivity contribution < 1.29 is 9.90 Å². The highest BCUT2D eigenvalue weighted by molar-refractivity contribution is 5.73. The predicted octanol–water partition coefficient (Wildman–Crippen LogP) is 2.90. The number of rotatable bonds is 6. The van der Waals surface area contributed by atoms with Crippen LogP contribution in [-0.2, 0) is 4.79 Å². The summed E-state index contributed by atoms with van der Waals surface area (Å²) in [4.78, 5) is 10.9. The Bertz CT molecular complexity index is 251. The van der Waals surface area contributed by atoms with Crippen LogP contribution >= 0.6 is 0 Å². The maximum atomic E-state index is 10.9. The molecule has 2 N–H and O–H groups in total. The van der Waals surface area contributed by atoms with Crippen LogP contribution in [-0.4, -0.2) is 24.2 Å². The molecule has 3 heteroatoms. The maximum absolute atomic E-state index is 10.9. The molecule has 0 bridgehead atoms. The lowest BCUT2D eigenvalue weighted by Gasteiger charge is -2.27. The average molecular weight is 241 g/mol. The smallest absolute Gasteiger partial charge is 0.309 e. The van der Waals surface area contributed by atoms with E-state index in [2.05, 4.69) is 12.2 Å². The first-order chi connectivity index (χ1) is 7.92. The molecular formula is C14H27NO2. The van der Waals surface area contributed by atoms with Crippen molar-refractivity contribution in [2.45, 2.75) is 52.9 Å². The van der Waals surface area contributed by atoms with Gasteiger partial charge in [0, 0.05) is 0 Å². The van der Waals surface area contributed by atoms with Crippen molar-refractivity contribution in [3.63, 3.8) is 0 Å². The van der Waals surface area contributed by atoms with Crippen molar-refractivity contribution in [2.75, 3.05) is 13.1 Å². The average Bonchev–Trinajstić information content (AvgIpc) is 2.24. The minimum atomic E-state index is -0.703. The van der Waals surface area contributed by atoms with Gasteiger partial charge >= 0.3 is 5.97 Å². The zero-order valence-corrected chi connectivity index (χ0v) is 11.5. The first-order valence-corrected chi connectivity index (χ1v) is 6.86. The van der Waals surface area contributed by atoms with E-state index in [0.29, 0.717) is 6.42 Å².